The van der Waals surface area contributed by atoms with Gasteiger partial charge in [0.1, 0.15) is 0 Å². The van der Waals surface area contributed by atoms with E-state index in [0.29, 0.717) is 18.5 Å². The summed E-state index contributed by atoms with van der Waals surface area (Å²) in [4.78, 5) is 6.15. The van der Waals surface area contributed by atoms with Crippen LogP contribution in [0.5, 0.6) is 0 Å². The molecule has 124 valence electrons. The van der Waals surface area contributed by atoms with Crippen molar-refractivity contribution in [3.8, 4) is 0 Å². The Morgan fingerprint density at radius 1 is 1.17 bits per heavy atom. The lowest BCUT2D eigenvalue weighted by Crippen LogP contribution is -2.16. The standard InChI is InChI=1S/C19H20N2O3/c1-2-21(19-20-11-17(24-19)18(22)23)16-10-9-13(12-7-8-12)14-5-3-4-6-15(14)16/h3-6,9-12,18,22-23H,2,7-8H2,1H3. The number of oxazole rings is 1. The van der Waals surface area contributed by atoms with Gasteiger partial charge in [-0.1, -0.05) is 30.3 Å². The maximum atomic E-state index is 9.24. The minimum Gasteiger partial charge on any atom is -0.423 e. The number of aromatic nitrogens is 1. The number of anilines is 2. The van der Waals surface area contributed by atoms with Crippen LogP contribution >= 0.6 is 0 Å². The number of hydrogen-bond donors (Lipinski definition) is 2. The number of benzene rings is 2. The lowest BCUT2D eigenvalue weighted by molar-refractivity contribution is -0.0577. The summed E-state index contributed by atoms with van der Waals surface area (Å²) in [7, 11) is 0. The zero-order chi connectivity index (χ0) is 16.7. The average Bonchev–Trinajstić information content (AvgIpc) is 3.32. The van der Waals surface area contributed by atoms with Crippen molar-refractivity contribution >= 4 is 22.5 Å². The number of hydrogen-bond acceptors (Lipinski definition) is 5. The van der Waals surface area contributed by atoms with Gasteiger partial charge in [0, 0.05) is 11.9 Å². The number of aliphatic hydroxyl groups is 2. The fourth-order valence-electron chi connectivity index (χ4n) is 3.22. The Labute approximate surface area is 140 Å². The summed E-state index contributed by atoms with van der Waals surface area (Å²) in [6, 6.07) is 13.1. The van der Waals surface area contributed by atoms with Crippen molar-refractivity contribution in [1.29, 1.82) is 0 Å². The number of nitrogens with zero attached hydrogens (tertiary/aromatic N) is 2. The first kappa shape index (κ1) is 15.2. The second kappa shape index (κ2) is 5.92. The molecular weight excluding hydrogens is 304 g/mol. The van der Waals surface area contributed by atoms with Gasteiger partial charge in [0.2, 0.25) is 6.29 Å². The third-order valence-corrected chi connectivity index (χ3v) is 4.56. The molecule has 0 unspecified atom stereocenters. The summed E-state index contributed by atoms with van der Waals surface area (Å²) in [6.45, 7) is 2.68. The monoisotopic (exact) mass is 324 g/mol. The smallest absolute Gasteiger partial charge is 0.302 e. The van der Waals surface area contributed by atoms with E-state index in [-0.39, 0.29) is 5.76 Å². The zero-order valence-corrected chi connectivity index (χ0v) is 13.5. The highest BCUT2D eigenvalue weighted by Crippen LogP contribution is 2.45. The van der Waals surface area contributed by atoms with Crippen molar-refractivity contribution in [3.63, 3.8) is 0 Å². The molecule has 2 aromatic carbocycles. The van der Waals surface area contributed by atoms with Gasteiger partial charge < -0.3 is 14.6 Å². The lowest BCUT2D eigenvalue weighted by Gasteiger charge is -2.22. The van der Waals surface area contributed by atoms with E-state index in [2.05, 4.69) is 35.3 Å². The van der Waals surface area contributed by atoms with Crippen LogP contribution in [0.2, 0.25) is 0 Å². The normalized spacial score (nSPS) is 14.5. The van der Waals surface area contributed by atoms with Crippen molar-refractivity contribution in [3.05, 3.63) is 53.9 Å². The van der Waals surface area contributed by atoms with Crippen LogP contribution < -0.4 is 4.90 Å². The van der Waals surface area contributed by atoms with E-state index in [1.165, 1.54) is 30.0 Å². The molecule has 2 N–H and O–H groups in total. The number of rotatable bonds is 5. The highest BCUT2D eigenvalue weighted by molar-refractivity contribution is 5.98. The zero-order valence-electron chi connectivity index (χ0n) is 13.5. The predicted molar refractivity (Wildman–Crippen MR) is 92.3 cm³/mol. The Morgan fingerprint density at radius 3 is 2.54 bits per heavy atom. The number of aliphatic hydroxyl groups excluding tert-OH is 1. The van der Waals surface area contributed by atoms with Gasteiger partial charge in [-0.05, 0) is 42.7 Å². The fraction of sp³-hybridized carbons (Fsp3) is 0.316. The van der Waals surface area contributed by atoms with E-state index in [1.807, 2.05) is 17.9 Å². The molecule has 0 atom stereocenters. The minimum absolute atomic E-state index is 0.0438. The summed E-state index contributed by atoms with van der Waals surface area (Å²) in [5.41, 5.74) is 2.42. The largest absolute Gasteiger partial charge is 0.423 e. The molecule has 0 aliphatic heterocycles. The van der Waals surface area contributed by atoms with Gasteiger partial charge in [-0.25, -0.2) is 4.98 Å². The average molecular weight is 324 g/mol. The van der Waals surface area contributed by atoms with Gasteiger partial charge in [0.05, 0.1) is 11.9 Å². The molecule has 0 amide bonds. The van der Waals surface area contributed by atoms with Gasteiger partial charge in [0.15, 0.2) is 5.76 Å². The van der Waals surface area contributed by atoms with E-state index in [4.69, 9.17) is 4.42 Å². The summed E-state index contributed by atoms with van der Waals surface area (Å²) in [6.07, 6.45) is 2.22. The molecule has 1 fully saturated rings. The van der Waals surface area contributed by atoms with E-state index in [0.717, 1.165) is 11.1 Å². The SMILES string of the molecule is CCN(c1ncc(C(O)O)o1)c1ccc(C2CC2)c2ccccc12. The highest BCUT2D eigenvalue weighted by atomic mass is 16.5. The van der Waals surface area contributed by atoms with Gasteiger partial charge >= 0.3 is 6.01 Å². The summed E-state index contributed by atoms with van der Waals surface area (Å²) in [5.74, 6) is 0.722. The number of fused-ring (bicyclic) bond motifs is 1. The third-order valence-electron chi connectivity index (χ3n) is 4.56. The predicted octanol–water partition coefficient (Wildman–Crippen LogP) is 3.85. The Hall–Kier alpha value is -2.37. The third kappa shape index (κ3) is 2.56. The first-order valence-corrected chi connectivity index (χ1v) is 8.30. The van der Waals surface area contributed by atoms with Crippen molar-refractivity contribution in [1.82, 2.24) is 4.98 Å². The van der Waals surface area contributed by atoms with Gasteiger partial charge in [-0.2, -0.15) is 0 Å². The summed E-state index contributed by atoms with van der Waals surface area (Å²) in [5, 5.41) is 20.9. The van der Waals surface area contributed by atoms with Gasteiger partial charge in [0.25, 0.3) is 0 Å². The molecule has 1 aromatic heterocycles. The highest BCUT2D eigenvalue weighted by Gasteiger charge is 2.26. The maximum Gasteiger partial charge on any atom is 0.302 e. The van der Waals surface area contributed by atoms with Crippen molar-refractivity contribution < 1.29 is 14.6 Å². The minimum atomic E-state index is -1.65. The fourth-order valence-corrected chi connectivity index (χ4v) is 3.22. The molecule has 4 rings (SSSR count). The maximum absolute atomic E-state index is 9.24. The Bertz CT molecular complexity index is 868. The van der Waals surface area contributed by atoms with E-state index in [9.17, 15) is 10.2 Å². The van der Waals surface area contributed by atoms with E-state index >= 15 is 0 Å². The van der Waals surface area contributed by atoms with Crippen LogP contribution in [0.4, 0.5) is 11.7 Å². The van der Waals surface area contributed by atoms with Gasteiger partial charge in [-0.3, -0.25) is 4.90 Å². The van der Waals surface area contributed by atoms with Crippen LogP contribution in [0.15, 0.2) is 47.0 Å². The van der Waals surface area contributed by atoms with E-state index in [1.54, 1.807) is 0 Å². The van der Waals surface area contributed by atoms with Crippen LogP contribution in [0.25, 0.3) is 10.8 Å². The molecular formula is C19H20N2O3. The molecule has 1 aliphatic rings. The lowest BCUT2D eigenvalue weighted by atomic mass is 9.99. The van der Waals surface area contributed by atoms with Crippen LogP contribution in [0.1, 0.15) is 43.3 Å². The quantitative estimate of drug-likeness (QED) is 0.698. The topological polar surface area (TPSA) is 69.7 Å². The Balaban J connectivity index is 1.83. The molecule has 0 saturated heterocycles. The first-order chi connectivity index (χ1) is 11.7. The van der Waals surface area contributed by atoms with Crippen molar-refractivity contribution in [2.45, 2.75) is 32.0 Å². The van der Waals surface area contributed by atoms with Crippen molar-refractivity contribution in [2.75, 3.05) is 11.4 Å². The molecule has 0 spiro atoms. The van der Waals surface area contributed by atoms with E-state index < -0.39 is 6.29 Å². The molecule has 5 heteroatoms. The summed E-state index contributed by atoms with van der Waals surface area (Å²) >= 11 is 0. The molecule has 0 bridgehead atoms. The van der Waals surface area contributed by atoms with Gasteiger partial charge in [-0.15, -0.1) is 0 Å². The molecule has 5 nitrogen and oxygen atoms in total. The Kier molecular flexibility index (Phi) is 3.75. The molecule has 24 heavy (non-hydrogen) atoms. The summed E-state index contributed by atoms with van der Waals surface area (Å²) < 4.78 is 5.51. The van der Waals surface area contributed by atoms with Crippen LogP contribution in [-0.2, 0) is 0 Å². The second-order valence-corrected chi connectivity index (χ2v) is 6.16. The second-order valence-electron chi connectivity index (χ2n) is 6.16. The van der Waals surface area contributed by atoms with Crippen molar-refractivity contribution in [2.24, 2.45) is 0 Å². The molecule has 3 aromatic rings. The molecule has 0 radical (unpaired) electrons. The Morgan fingerprint density at radius 2 is 1.92 bits per heavy atom. The van der Waals surface area contributed by atoms with Crippen LogP contribution in [0, 0.1) is 0 Å². The molecule has 1 aliphatic carbocycles. The van der Waals surface area contributed by atoms with Crippen LogP contribution in [0.3, 0.4) is 0 Å². The van der Waals surface area contributed by atoms with Crippen LogP contribution in [-0.4, -0.2) is 21.7 Å². The first-order valence-electron chi connectivity index (χ1n) is 8.30. The molecule has 1 saturated carbocycles. The molecule has 1 heterocycles.